The SMILES string of the molecule is COc1ccc(C(=O)C2C=CC(O)=CC2(O)OC)cc1OC. The fourth-order valence-corrected chi connectivity index (χ4v) is 2.31. The summed E-state index contributed by atoms with van der Waals surface area (Å²) in [4.78, 5) is 12.7. The maximum atomic E-state index is 12.7. The number of methoxy groups -OCH3 is 3. The Bertz CT molecular complexity index is 634. The summed E-state index contributed by atoms with van der Waals surface area (Å²) in [6, 6.07) is 4.72. The van der Waals surface area contributed by atoms with Crippen molar-refractivity contribution in [1.82, 2.24) is 0 Å². The summed E-state index contributed by atoms with van der Waals surface area (Å²) in [6.07, 6.45) is 3.84. The van der Waals surface area contributed by atoms with Crippen LogP contribution in [-0.4, -0.2) is 43.1 Å². The second-order valence-electron chi connectivity index (χ2n) is 4.80. The molecule has 2 atom stereocenters. The summed E-state index contributed by atoms with van der Waals surface area (Å²) in [5, 5.41) is 19.9. The molecule has 6 nitrogen and oxygen atoms in total. The molecule has 2 unspecified atom stereocenters. The van der Waals surface area contributed by atoms with Gasteiger partial charge in [-0.25, -0.2) is 0 Å². The van der Waals surface area contributed by atoms with Crippen molar-refractivity contribution in [2.24, 2.45) is 5.92 Å². The van der Waals surface area contributed by atoms with Crippen LogP contribution in [0.25, 0.3) is 0 Å². The molecule has 118 valence electrons. The first-order chi connectivity index (χ1) is 10.4. The Hall–Kier alpha value is -2.31. The highest BCUT2D eigenvalue weighted by Gasteiger charge is 2.41. The Morgan fingerprint density at radius 1 is 1.18 bits per heavy atom. The van der Waals surface area contributed by atoms with E-state index in [1.165, 1.54) is 39.5 Å². The zero-order valence-corrected chi connectivity index (χ0v) is 12.6. The number of hydrogen-bond acceptors (Lipinski definition) is 6. The van der Waals surface area contributed by atoms with Gasteiger partial charge in [0, 0.05) is 18.7 Å². The quantitative estimate of drug-likeness (QED) is 0.638. The average Bonchev–Trinajstić information content (AvgIpc) is 2.53. The van der Waals surface area contributed by atoms with Gasteiger partial charge in [0.25, 0.3) is 0 Å². The largest absolute Gasteiger partial charge is 0.508 e. The van der Waals surface area contributed by atoms with Crippen molar-refractivity contribution in [3.05, 3.63) is 47.7 Å². The highest BCUT2D eigenvalue weighted by Crippen LogP contribution is 2.33. The fourth-order valence-electron chi connectivity index (χ4n) is 2.31. The molecule has 0 amide bonds. The molecule has 0 fully saturated rings. The molecule has 6 heteroatoms. The smallest absolute Gasteiger partial charge is 0.202 e. The van der Waals surface area contributed by atoms with Crippen molar-refractivity contribution >= 4 is 5.78 Å². The summed E-state index contributed by atoms with van der Waals surface area (Å²) >= 11 is 0. The lowest BCUT2D eigenvalue weighted by atomic mass is 9.86. The normalized spacial score (nSPS) is 23.8. The predicted molar refractivity (Wildman–Crippen MR) is 79.2 cm³/mol. The van der Waals surface area contributed by atoms with Gasteiger partial charge in [-0.2, -0.15) is 0 Å². The van der Waals surface area contributed by atoms with E-state index in [0.717, 1.165) is 6.08 Å². The molecule has 1 aliphatic carbocycles. The zero-order chi connectivity index (χ0) is 16.3. The standard InChI is InChI=1S/C16H18O6/c1-20-13-7-4-10(8-14(13)21-2)15(18)12-6-5-11(17)9-16(12,19)22-3/h4-9,12,17,19H,1-3H3. The molecule has 0 radical (unpaired) electrons. The maximum Gasteiger partial charge on any atom is 0.202 e. The number of Topliss-reactive ketones (excluding diaryl/α,β-unsaturated/α-hetero) is 1. The number of ketones is 1. The van der Waals surface area contributed by atoms with E-state index in [1.807, 2.05) is 0 Å². The summed E-state index contributed by atoms with van der Waals surface area (Å²) in [7, 11) is 4.23. The number of carbonyl (C=O) groups is 1. The van der Waals surface area contributed by atoms with Gasteiger partial charge in [0.2, 0.25) is 5.79 Å². The Morgan fingerprint density at radius 2 is 1.86 bits per heavy atom. The number of hydrogen-bond donors (Lipinski definition) is 2. The zero-order valence-electron chi connectivity index (χ0n) is 12.6. The molecule has 0 bridgehead atoms. The topological polar surface area (TPSA) is 85.2 Å². The molecule has 0 aliphatic heterocycles. The van der Waals surface area contributed by atoms with Crippen molar-refractivity contribution < 1.29 is 29.2 Å². The molecular weight excluding hydrogens is 288 g/mol. The van der Waals surface area contributed by atoms with Crippen molar-refractivity contribution in [3.8, 4) is 11.5 Å². The third-order valence-electron chi connectivity index (χ3n) is 3.54. The Labute approximate surface area is 128 Å². The number of ether oxygens (including phenoxy) is 3. The van der Waals surface area contributed by atoms with Gasteiger partial charge in [0.05, 0.1) is 20.1 Å². The van der Waals surface area contributed by atoms with Gasteiger partial charge >= 0.3 is 0 Å². The lowest BCUT2D eigenvalue weighted by Gasteiger charge is -2.31. The summed E-state index contributed by atoms with van der Waals surface area (Å²) in [6.45, 7) is 0. The number of aliphatic hydroxyl groups is 2. The van der Waals surface area contributed by atoms with Crippen LogP contribution < -0.4 is 9.47 Å². The number of carbonyl (C=O) groups excluding carboxylic acids is 1. The number of rotatable bonds is 5. The van der Waals surface area contributed by atoms with Crippen LogP contribution in [0, 0.1) is 5.92 Å². The summed E-state index contributed by atoms with van der Waals surface area (Å²) < 4.78 is 15.3. The van der Waals surface area contributed by atoms with E-state index in [2.05, 4.69) is 0 Å². The first-order valence-corrected chi connectivity index (χ1v) is 6.59. The van der Waals surface area contributed by atoms with E-state index in [1.54, 1.807) is 12.1 Å². The van der Waals surface area contributed by atoms with Gasteiger partial charge < -0.3 is 24.4 Å². The molecule has 1 aromatic rings. The second kappa shape index (κ2) is 6.21. The fraction of sp³-hybridized carbons (Fsp3) is 0.312. The van der Waals surface area contributed by atoms with Gasteiger partial charge in [0.1, 0.15) is 5.76 Å². The summed E-state index contributed by atoms with van der Waals surface area (Å²) in [5.41, 5.74) is 0.331. The number of benzene rings is 1. The third-order valence-corrected chi connectivity index (χ3v) is 3.54. The van der Waals surface area contributed by atoms with Crippen LogP contribution in [0.1, 0.15) is 10.4 Å². The molecular formula is C16H18O6. The second-order valence-corrected chi connectivity index (χ2v) is 4.80. The lowest BCUT2D eigenvalue weighted by molar-refractivity contribution is -0.164. The van der Waals surface area contributed by atoms with Gasteiger partial charge in [0.15, 0.2) is 17.3 Å². The van der Waals surface area contributed by atoms with Crippen LogP contribution in [0.4, 0.5) is 0 Å². The van der Waals surface area contributed by atoms with Gasteiger partial charge in [-0.15, -0.1) is 0 Å². The molecule has 22 heavy (non-hydrogen) atoms. The van der Waals surface area contributed by atoms with E-state index in [-0.39, 0.29) is 11.5 Å². The third kappa shape index (κ3) is 2.84. The van der Waals surface area contributed by atoms with E-state index in [0.29, 0.717) is 17.1 Å². The van der Waals surface area contributed by atoms with Crippen LogP contribution in [0.15, 0.2) is 42.2 Å². The van der Waals surface area contributed by atoms with Crippen LogP contribution in [0.3, 0.4) is 0 Å². The molecule has 1 aliphatic rings. The van der Waals surface area contributed by atoms with E-state index < -0.39 is 11.7 Å². The summed E-state index contributed by atoms with van der Waals surface area (Å²) in [5.74, 6) is -2.51. The van der Waals surface area contributed by atoms with Gasteiger partial charge in [-0.1, -0.05) is 6.08 Å². The molecule has 2 rings (SSSR count). The minimum Gasteiger partial charge on any atom is -0.508 e. The average molecular weight is 306 g/mol. The van der Waals surface area contributed by atoms with E-state index >= 15 is 0 Å². The highest BCUT2D eigenvalue weighted by atomic mass is 16.6. The first-order valence-electron chi connectivity index (χ1n) is 6.59. The van der Waals surface area contributed by atoms with Gasteiger partial charge in [-0.05, 0) is 24.3 Å². The lowest BCUT2D eigenvalue weighted by Crippen LogP contribution is -2.43. The van der Waals surface area contributed by atoms with Crippen molar-refractivity contribution in [2.75, 3.05) is 21.3 Å². The monoisotopic (exact) mass is 306 g/mol. The van der Waals surface area contributed by atoms with Gasteiger partial charge in [-0.3, -0.25) is 4.79 Å². The van der Waals surface area contributed by atoms with Crippen molar-refractivity contribution in [2.45, 2.75) is 5.79 Å². The van der Waals surface area contributed by atoms with Crippen LogP contribution in [0.5, 0.6) is 11.5 Å². The molecule has 0 heterocycles. The van der Waals surface area contributed by atoms with Crippen LogP contribution in [0.2, 0.25) is 0 Å². The number of aliphatic hydroxyl groups excluding tert-OH is 1. The minimum absolute atomic E-state index is 0.166. The molecule has 0 aromatic heterocycles. The highest BCUT2D eigenvalue weighted by molar-refractivity contribution is 6.00. The van der Waals surface area contributed by atoms with Crippen LogP contribution >= 0.6 is 0 Å². The number of allylic oxidation sites excluding steroid dienone is 1. The molecule has 0 saturated heterocycles. The van der Waals surface area contributed by atoms with Crippen molar-refractivity contribution in [3.63, 3.8) is 0 Å². The minimum atomic E-state index is -1.90. The molecule has 0 spiro atoms. The molecule has 0 saturated carbocycles. The van der Waals surface area contributed by atoms with Crippen LogP contribution in [-0.2, 0) is 4.74 Å². The van der Waals surface area contributed by atoms with E-state index in [9.17, 15) is 15.0 Å². The van der Waals surface area contributed by atoms with E-state index in [4.69, 9.17) is 14.2 Å². The molecule has 1 aromatic carbocycles. The Morgan fingerprint density at radius 3 is 2.45 bits per heavy atom. The maximum absolute atomic E-state index is 12.7. The Balaban J connectivity index is 2.38. The first kappa shape index (κ1) is 16.1. The Kier molecular flexibility index (Phi) is 4.54. The van der Waals surface area contributed by atoms with Crippen molar-refractivity contribution in [1.29, 1.82) is 0 Å². The predicted octanol–water partition coefficient (Wildman–Crippen LogP) is 1.85. The molecule has 2 N–H and O–H groups in total.